The first kappa shape index (κ1) is 14.0. The van der Waals surface area contributed by atoms with Gasteiger partial charge in [0.15, 0.2) is 5.82 Å². The highest BCUT2D eigenvalue weighted by Gasteiger charge is 2.16. The Morgan fingerprint density at radius 3 is 2.95 bits per heavy atom. The molecule has 0 radical (unpaired) electrons. The molecule has 6 nitrogen and oxygen atoms in total. The minimum Gasteiger partial charge on any atom is -0.480 e. The van der Waals surface area contributed by atoms with Crippen molar-refractivity contribution >= 4 is 17.3 Å². The number of fused-ring (bicyclic) bond motifs is 1. The first-order valence-electron chi connectivity index (χ1n) is 6.45. The fraction of sp³-hybridized carbons (Fsp3) is 0.357. The number of anilines is 1. The van der Waals surface area contributed by atoms with E-state index in [4.69, 9.17) is 5.11 Å². The highest BCUT2D eigenvalue weighted by atomic mass is 16.4. The van der Waals surface area contributed by atoms with E-state index < -0.39 is 5.97 Å². The minimum atomic E-state index is -0.903. The largest absolute Gasteiger partial charge is 0.480 e. The molecule has 6 heteroatoms. The predicted molar refractivity (Wildman–Crippen MR) is 77.1 cm³/mol. The van der Waals surface area contributed by atoms with E-state index in [-0.39, 0.29) is 6.54 Å². The van der Waals surface area contributed by atoms with E-state index in [1.165, 1.54) is 0 Å². The molecule has 0 bridgehead atoms. The molecular weight excluding hydrogens is 256 g/mol. The second-order valence-corrected chi connectivity index (χ2v) is 4.87. The highest BCUT2D eigenvalue weighted by Crippen LogP contribution is 2.22. The topological polar surface area (TPSA) is 70.7 Å². The molecule has 1 N–H and O–H groups in total. The van der Waals surface area contributed by atoms with Crippen molar-refractivity contribution in [3.63, 3.8) is 0 Å². The van der Waals surface area contributed by atoms with Crippen LogP contribution in [-0.4, -0.2) is 38.8 Å². The Hall–Kier alpha value is -2.37. The number of hydrogen-bond acceptors (Lipinski definition) is 4. The number of carbonyl (C=O) groups is 1. The van der Waals surface area contributed by atoms with Gasteiger partial charge in [-0.15, -0.1) is 6.58 Å². The van der Waals surface area contributed by atoms with Crippen molar-refractivity contribution in [3.8, 4) is 0 Å². The van der Waals surface area contributed by atoms with Crippen LogP contribution in [0.4, 0.5) is 5.82 Å². The molecule has 2 aromatic heterocycles. The average molecular weight is 274 g/mol. The van der Waals surface area contributed by atoms with Crippen LogP contribution in [-0.2, 0) is 4.79 Å². The summed E-state index contributed by atoms with van der Waals surface area (Å²) in [5.41, 5.74) is 1.76. The molecule has 0 aliphatic rings. The third-order valence-corrected chi connectivity index (χ3v) is 2.96. The smallest absolute Gasteiger partial charge is 0.323 e. The summed E-state index contributed by atoms with van der Waals surface area (Å²) in [6, 6.07) is 1.95. The quantitative estimate of drug-likeness (QED) is 0.815. The van der Waals surface area contributed by atoms with Gasteiger partial charge in [-0.05, 0) is 12.0 Å². The second kappa shape index (κ2) is 5.73. The lowest BCUT2D eigenvalue weighted by Crippen LogP contribution is -2.30. The molecule has 0 saturated heterocycles. The molecule has 0 spiro atoms. The maximum absolute atomic E-state index is 11.0. The molecule has 20 heavy (non-hydrogen) atoms. The Morgan fingerprint density at radius 1 is 1.60 bits per heavy atom. The summed E-state index contributed by atoms with van der Waals surface area (Å²) in [5.74, 6) is 0.00327. The molecule has 0 aliphatic carbocycles. The number of aromatic nitrogens is 3. The van der Waals surface area contributed by atoms with E-state index in [0.717, 1.165) is 11.2 Å². The molecule has 0 atom stereocenters. The molecule has 0 amide bonds. The number of carboxylic acid groups (broad SMARTS) is 1. The second-order valence-electron chi connectivity index (χ2n) is 4.87. The number of nitrogens with zero attached hydrogens (tertiary/aromatic N) is 4. The Bertz CT molecular complexity index is 633. The van der Waals surface area contributed by atoms with Gasteiger partial charge in [-0.3, -0.25) is 4.79 Å². The van der Waals surface area contributed by atoms with E-state index in [2.05, 4.69) is 30.5 Å². The fourth-order valence-electron chi connectivity index (χ4n) is 2.00. The lowest BCUT2D eigenvalue weighted by atomic mass is 10.1. The zero-order valence-corrected chi connectivity index (χ0v) is 11.7. The van der Waals surface area contributed by atoms with Gasteiger partial charge in [-0.25, -0.2) is 9.50 Å². The average Bonchev–Trinajstić information content (AvgIpc) is 2.81. The van der Waals surface area contributed by atoms with E-state index >= 15 is 0 Å². The third-order valence-electron chi connectivity index (χ3n) is 2.96. The molecule has 0 fully saturated rings. The molecule has 0 aliphatic heterocycles. The van der Waals surface area contributed by atoms with E-state index in [0.29, 0.717) is 18.3 Å². The Balaban J connectivity index is 2.50. The molecule has 0 aromatic carbocycles. The zero-order chi connectivity index (χ0) is 14.7. The lowest BCUT2D eigenvalue weighted by molar-refractivity contribution is -0.135. The van der Waals surface area contributed by atoms with Crippen molar-refractivity contribution in [3.05, 3.63) is 36.8 Å². The number of aliphatic carboxylic acids is 1. The summed E-state index contributed by atoms with van der Waals surface area (Å²) in [6.45, 7) is 8.08. The van der Waals surface area contributed by atoms with Gasteiger partial charge in [0.1, 0.15) is 12.1 Å². The number of carboxylic acids is 1. The van der Waals surface area contributed by atoms with Gasteiger partial charge in [-0.2, -0.15) is 5.10 Å². The summed E-state index contributed by atoms with van der Waals surface area (Å²) in [6.07, 6.45) is 5.04. The molecule has 2 rings (SSSR count). The van der Waals surface area contributed by atoms with Crippen molar-refractivity contribution in [1.29, 1.82) is 0 Å². The van der Waals surface area contributed by atoms with Crippen LogP contribution in [0, 0.1) is 0 Å². The van der Waals surface area contributed by atoms with Crippen LogP contribution < -0.4 is 4.90 Å². The first-order chi connectivity index (χ1) is 9.52. The molecule has 0 saturated carbocycles. The monoisotopic (exact) mass is 274 g/mol. The lowest BCUT2D eigenvalue weighted by Gasteiger charge is -2.20. The van der Waals surface area contributed by atoms with Crippen molar-refractivity contribution in [2.45, 2.75) is 19.8 Å². The normalized spacial score (nSPS) is 10.9. The van der Waals surface area contributed by atoms with Crippen LogP contribution >= 0.6 is 0 Å². The van der Waals surface area contributed by atoms with E-state index in [1.54, 1.807) is 27.9 Å². The SMILES string of the molecule is C=CCN(CC(=O)O)c1nccn2nc(C(C)C)cc12. The van der Waals surface area contributed by atoms with E-state index in [9.17, 15) is 4.79 Å². The number of rotatable bonds is 6. The minimum absolute atomic E-state index is 0.124. The fourth-order valence-corrected chi connectivity index (χ4v) is 2.00. The van der Waals surface area contributed by atoms with E-state index in [1.807, 2.05) is 6.07 Å². The molecule has 2 aromatic rings. The predicted octanol–water partition coefficient (Wildman–Crippen LogP) is 1.93. The molecule has 0 unspecified atom stereocenters. The molecule has 2 heterocycles. The zero-order valence-electron chi connectivity index (χ0n) is 11.7. The van der Waals surface area contributed by atoms with Gasteiger partial charge in [0.25, 0.3) is 0 Å². The maximum Gasteiger partial charge on any atom is 0.323 e. The van der Waals surface area contributed by atoms with Crippen LogP contribution in [0.2, 0.25) is 0 Å². The van der Waals surface area contributed by atoms with Gasteiger partial charge < -0.3 is 10.0 Å². The maximum atomic E-state index is 11.0. The Kier molecular flexibility index (Phi) is 4.02. The summed E-state index contributed by atoms with van der Waals surface area (Å²) in [4.78, 5) is 16.9. The summed E-state index contributed by atoms with van der Waals surface area (Å²) in [5, 5.41) is 13.5. The number of hydrogen-bond donors (Lipinski definition) is 1. The van der Waals surface area contributed by atoms with Gasteiger partial charge in [0, 0.05) is 18.9 Å². The summed E-state index contributed by atoms with van der Waals surface area (Å²) < 4.78 is 1.73. The van der Waals surface area contributed by atoms with Gasteiger partial charge >= 0.3 is 5.97 Å². The first-order valence-corrected chi connectivity index (χ1v) is 6.45. The summed E-state index contributed by atoms with van der Waals surface area (Å²) in [7, 11) is 0. The van der Waals surface area contributed by atoms with Crippen molar-refractivity contribution in [2.75, 3.05) is 18.0 Å². The van der Waals surface area contributed by atoms with Crippen molar-refractivity contribution in [1.82, 2.24) is 14.6 Å². The van der Waals surface area contributed by atoms with Crippen molar-refractivity contribution in [2.24, 2.45) is 0 Å². The van der Waals surface area contributed by atoms with Crippen LogP contribution in [0.25, 0.3) is 5.52 Å². The van der Waals surface area contributed by atoms with Crippen LogP contribution in [0.15, 0.2) is 31.1 Å². The van der Waals surface area contributed by atoms with Crippen LogP contribution in [0.5, 0.6) is 0 Å². The highest BCUT2D eigenvalue weighted by molar-refractivity contribution is 5.77. The van der Waals surface area contributed by atoms with Crippen LogP contribution in [0.3, 0.4) is 0 Å². The molecule has 106 valence electrons. The van der Waals surface area contributed by atoms with Gasteiger partial charge in [-0.1, -0.05) is 19.9 Å². The third kappa shape index (κ3) is 2.79. The summed E-state index contributed by atoms with van der Waals surface area (Å²) >= 11 is 0. The Labute approximate surface area is 117 Å². The van der Waals surface area contributed by atoms with Crippen LogP contribution in [0.1, 0.15) is 25.5 Å². The van der Waals surface area contributed by atoms with Gasteiger partial charge in [0.05, 0.1) is 5.69 Å². The molecular formula is C14H18N4O2. The van der Waals surface area contributed by atoms with Gasteiger partial charge in [0.2, 0.25) is 0 Å². The standard InChI is InChI=1S/C14H18N4O2/c1-4-6-17(9-13(19)20)14-12-8-11(10(2)3)16-18(12)7-5-15-14/h4-5,7-8,10H,1,6,9H2,2-3H3,(H,19,20). The Morgan fingerprint density at radius 2 is 2.35 bits per heavy atom. The van der Waals surface area contributed by atoms with Crippen molar-refractivity contribution < 1.29 is 9.90 Å².